The molecule has 0 bridgehead atoms. The molecule has 2 aromatic carbocycles. The Morgan fingerprint density at radius 1 is 1.06 bits per heavy atom. The molecule has 3 heteroatoms. The first kappa shape index (κ1) is 10.0. The number of para-hydroxylation sites is 1. The van der Waals surface area contributed by atoms with Crippen LogP contribution in [0.1, 0.15) is 5.56 Å². The van der Waals surface area contributed by atoms with Crippen molar-refractivity contribution in [1.29, 1.82) is 5.26 Å². The molecule has 17 heavy (non-hydrogen) atoms. The summed E-state index contributed by atoms with van der Waals surface area (Å²) in [4.78, 5) is 4.57. The molecule has 0 unspecified atom stereocenters. The zero-order valence-corrected chi connectivity index (χ0v) is 9.74. The Kier molecular flexibility index (Phi) is 2.36. The zero-order valence-electron chi connectivity index (χ0n) is 8.92. The van der Waals surface area contributed by atoms with Crippen molar-refractivity contribution < 1.29 is 0 Å². The van der Waals surface area contributed by atoms with Crippen LogP contribution in [0.3, 0.4) is 0 Å². The number of fused-ring (bicyclic) bond motifs is 1. The third kappa shape index (κ3) is 1.79. The highest BCUT2D eigenvalue weighted by Gasteiger charge is 2.05. The van der Waals surface area contributed by atoms with Crippen LogP contribution in [0, 0.1) is 11.3 Å². The third-order valence-electron chi connectivity index (χ3n) is 2.53. The molecule has 1 aromatic heterocycles. The highest BCUT2D eigenvalue weighted by Crippen LogP contribution is 2.30. The molecule has 0 spiro atoms. The van der Waals surface area contributed by atoms with Gasteiger partial charge in [-0.1, -0.05) is 24.3 Å². The summed E-state index contributed by atoms with van der Waals surface area (Å²) >= 11 is 1.65. The first-order valence-electron chi connectivity index (χ1n) is 5.23. The number of thiazole rings is 1. The van der Waals surface area contributed by atoms with Gasteiger partial charge in [0.15, 0.2) is 0 Å². The van der Waals surface area contributed by atoms with Gasteiger partial charge in [0.25, 0.3) is 0 Å². The van der Waals surface area contributed by atoms with Crippen molar-refractivity contribution in [2.45, 2.75) is 0 Å². The summed E-state index contributed by atoms with van der Waals surface area (Å²) in [5, 5.41) is 9.84. The summed E-state index contributed by atoms with van der Waals surface area (Å²) in [6.07, 6.45) is 0. The molecular formula is C14H8N2S. The van der Waals surface area contributed by atoms with Gasteiger partial charge in [-0.2, -0.15) is 5.26 Å². The first-order valence-corrected chi connectivity index (χ1v) is 6.04. The molecule has 0 saturated heterocycles. The van der Waals surface area contributed by atoms with Gasteiger partial charge in [0.2, 0.25) is 0 Å². The second-order valence-corrected chi connectivity index (χ2v) is 4.71. The largest absolute Gasteiger partial charge is 0.236 e. The molecule has 0 aliphatic rings. The van der Waals surface area contributed by atoms with Gasteiger partial charge in [0, 0.05) is 5.56 Å². The molecule has 1 heterocycles. The van der Waals surface area contributed by atoms with Gasteiger partial charge in [-0.05, 0) is 24.3 Å². The molecular weight excluding hydrogens is 228 g/mol. The average Bonchev–Trinajstić information content (AvgIpc) is 2.82. The van der Waals surface area contributed by atoms with Gasteiger partial charge < -0.3 is 0 Å². The van der Waals surface area contributed by atoms with Crippen LogP contribution in [0.4, 0.5) is 0 Å². The number of hydrogen-bond acceptors (Lipinski definition) is 3. The van der Waals surface area contributed by atoms with Crippen molar-refractivity contribution in [3.63, 3.8) is 0 Å². The lowest BCUT2D eigenvalue weighted by molar-refractivity contribution is 1.45. The summed E-state index contributed by atoms with van der Waals surface area (Å²) in [6.45, 7) is 0. The van der Waals surface area contributed by atoms with Crippen LogP contribution in [0.2, 0.25) is 0 Å². The van der Waals surface area contributed by atoms with E-state index < -0.39 is 0 Å². The maximum atomic E-state index is 8.88. The molecule has 3 aromatic rings. The van der Waals surface area contributed by atoms with Crippen molar-refractivity contribution in [2.24, 2.45) is 0 Å². The highest BCUT2D eigenvalue weighted by atomic mass is 32.1. The van der Waals surface area contributed by atoms with Gasteiger partial charge in [-0.3, -0.25) is 0 Å². The van der Waals surface area contributed by atoms with E-state index in [9.17, 15) is 0 Å². The summed E-state index contributed by atoms with van der Waals surface area (Å²) < 4.78 is 1.17. The number of aromatic nitrogens is 1. The number of nitrogens with zero attached hydrogens (tertiary/aromatic N) is 2. The number of nitriles is 1. The maximum Gasteiger partial charge on any atom is 0.124 e. The number of benzene rings is 2. The quantitative estimate of drug-likeness (QED) is 0.643. The normalized spacial score (nSPS) is 10.3. The topological polar surface area (TPSA) is 36.7 Å². The van der Waals surface area contributed by atoms with E-state index in [4.69, 9.17) is 5.26 Å². The minimum atomic E-state index is 0.668. The van der Waals surface area contributed by atoms with Crippen molar-refractivity contribution in [3.8, 4) is 16.6 Å². The van der Waals surface area contributed by atoms with Crippen LogP contribution in [0.15, 0.2) is 48.5 Å². The van der Waals surface area contributed by atoms with Gasteiger partial charge in [-0.15, -0.1) is 11.3 Å². The Bertz CT molecular complexity index is 689. The van der Waals surface area contributed by atoms with E-state index in [1.807, 2.05) is 36.4 Å². The fourth-order valence-corrected chi connectivity index (χ4v) is 2.68. The van der Waals surface area contributed by atoms with Crippen molar-refractivity contribution in [1.82, 2.24) is 4.98 Å². The molecule has 0 N–H and O–H groups in total. The summed E-state index contributed by atoms with van der Waals surface area (Å²) in [5.41, 5.74) is 2.68. The molecule has 0 amide bonds. The maximum absolute atomic E-state index is 8.88. The highest BCUT2D eigenvalue weighted by molar-refractivity contribution is 7.21. The summed E-state index contributed by atoms with van der Waals surface area (Å²) in [7, 11) is 0. The molecule has 0 aliphatic heterocycles. The van der Waals surface area contributed by atoms with E-state index in [1.54, 1.807) is 17.4 Å². The molecule has 3 rings (SSSR count). The van der Waals surface area contributed by atoms with Crippen LogP contribution < -0.4 is 0 Å². The minimum absolute atomic E-state index is 0.668. The van der Waals surface area contributed by atoms with Crippen molar-refractivity contribution in [3.05, 3.63) is 54.1 Å². The Morgan fingerprint density at radius 2 is 1.94 bits per heavy atom. The second-order valence-electron chi connectivity index (χ2n) is 3.68. The molecule has 0 aliphatic carbocycles. The van der Waals surface area contributed by atoms with Crippen molar-refractivity contribution >= 4 is 21.6 Å². The van der Waals surface area contributed by atoms with Crippen LogP contribution in [-0.4, -0.2) is 4.98 Å². The Labute approximate surface area is 103 Å². The second kappa shape index (κ2) is 4.00. The van der Waals surface area contributed by atoms with E-state index in [0.29, 0.717) is 5.56 Å². The minimum Gasteiger partial charge on any atom is -0.236 e. The Hall–Kier alpha value is -2.18. The van der Waals surface area contributed by atoms with Gasteiger partial charge in [-0.25, -0.2) is 4.98 Å². The third-order valence-corrected chi connectivity index (χ3v) is 3.62. The zero-order chi connectivity index (χ0) is 11.7. The summed E-state index contributed by atoms with van der Waals surface area (Å²) in [6, 6.07) is 17.8. The van der Waals surface area contributed by atoms with Crippen LogP contribution >= 0.6 is 11.3 Å². The van der Waals surface area contributed by atoms with E-state index in [2.05, 4.69) is 17.1 Å². The molecule has 0 saturated carbocycles. The van der Waals surface area contributed by atoms with Crippen LogP contribution in [-0.2, 0) is 0 Å². The SMILES string of the molecule is N#Cc1cccc(-c2nc3ccccc3s2)c1. The monoisotopic (exact) mass is 236 g/mol. The predicted molar refractivity (Wildman–Crippen MR) is 69.8 cm³/mol. The van der Waals surface area contributed by atoms with Gasteiger partial charge >= 0.3 is 0 Å². The van der Waals surface area contributed by atoms with Crippen molar-refractivity contribution in [2.75, 3.05) is 0 Å². The summed E-state index contributed by atoms with van der Waals surface area (Å²) in [5.74, 6) is 0. The van der Waals surface area contributed by atoms with Gasteiger partial charge in [0.1, 0.15) is 5.01 Å². The Morgan fingerprint density at radius 3 is 2.76 bits per heavy atom. The fourth-order valence-electron chi connectivity index (χ4n) is 1.72. The lowest BCUT2D eigenvalue weighted by atomic mass is 10.1. The van der Waals surface area contributed by atoms with E-state index >= 15 is 0 Å². The lowest BCUT2D eigenvalue weighted by Gasteiger charge is -1.95. The number of hydrogen-bond donors (Lipinski definition) is 0. The van der Waals surface area contributed by atoms with E-state index in [1.165, 1.54) is 4.70 Å². The predicted octanol–water partition coefficient (Wildman–Crippen LogP) is 3.83. The molecule has 80 valence electrons. The lowest BCUT2D eigenvalue weighted by Crippen LogP contribution is -1.78. The first-order chi connectivity index (χ1) is 8.36. The van der Waals surface area contributed by atoms with Crippen LogP contribution in [0.5, 0.6) is 0 Å². The van der Waals surface area contributed by atoms with E-state index in [-0.39, 0.29) is 0 Å². The average molecular weight is 236 g/mol. The molecule has 0 atom stereocenters. The molecule has 0 radical (unpaired) electrons. The number of rotatable bonds is 1. The standard InChI is InChI=1S/C14H8N2S/c15-9-10-4-3-5-11(8-10)14-16-12-6-1-2-7-13(12)17-14/h1-8H. The van der Waals surface area contributed by atoms with Crippen LogP contribution in [0.25, 0.3) is 20.8 Å². The van der Waals surface area contributed by atoms with E-state index in [0.717, 1.165) is 16.1 Å². The fraction of sp³-hybridized carbons (Fsp3) is 0. The van der Waals surface area contributed by atoms with Gasteiger partial charge in [0.05, 0.1) is 21.8 Å². The smallest absolute Gasteiger partial charge is 0.124 e. The molecule has 2 nitrogen and oxygen atoms in total. The molecule has 0 fully saturated rings. The Balaban J connectivity index is 2.17.